The highest BCUT2D eigenvalue weighted by atomic mass is 16.3. The molecule has 4 nitrogen and oxygen atoms in total. The number of carbonyl (C=O) groups is 1. The number of hydrogen-bond donors (Lipinski definition) is 2. The van der Waals surface area contributed by atoms with Gasteiger partial charge in [-0.15, -0.1) is 0 Å². The number of amides is 1. The van der Waals surface area contributed by atoms with Crippen LogP contribution < -0.4 is 5.32 Å². The summed E-state index contributed by atoms with van der Waals surface area (Å²) in [5.74, 6) is 0.311. The van der Waals surface area contributed by atoms with Crippen molar-refractivity contribution in [2.75, 3.05) is 25.5 Å². The fourth-order valence-corrected chi connectivity index (χ4v) is 3.50. The molecule has 0 aromatic heterocycles. The zero-order chi connectivity index (χ0) is 16.3. The third-order valence-corrected chi connectivity index (χ3v) is 4.52. The number of aryl methyl sites for hydroxylation is 3. The molecule has 1 aliphatic rings. The summed E-state index contributed by atoms with van der Waals surface area (Å²) in [6.45, 7) is 7.24. The Morgan fingerprint density at radius 3 is 2.45 bits per heavy atom. The molecule has 2 unspecified atom stereocenters. The Kier molecular flexibility index (Phi) is 5.59. The summed E-state index contributed by atoms with van der Waals surface area (Å²) < 4.78 is 0. The Morgan fingerprint density at radius 1 is 1.27 bits per heavy atom. The van der Waals surface area contributed by atoms with Crippen molar-refractivity contribution >= 4 is 11.6 Å². The summed E-state index contributed by atoms with van der Waals surface area (Å²) in [6, 6.07) is 4.17. The van der Waals surface area contributed by atoms with E-state index in [0.717, 1.165) is 42.6 Å². The van der Waals surface area contributed by atoms with Gasteiger partial charge in [-0.2, -0.15) is 0 Å². The molecular formula is C18H28N2O2. The van der Waals surface area contributed by atoms with Crippen molar-refractivity contribution in [1.29, 1.82) is 0 Å². The summed E-state index contributed by atoms with van der Waals surface area (Å²) in [4.78, 5) is 14.3. The number of likely N-dealkylation sites (N-methyl/N-ethyl adjacent to an activating group) is 1. The van der Waals surface area contributed by atoms with Crippen LogP contribution in [0.3, 0.4) is 0 Å². The van der Waals surface area contributed by atoms with Gasteiger partial charge in [0.15, 0.2) is 0 Å². The molecule has 1 fully saturated rings. The Bertz CT molecular complexity index is 519. The average molecular weight is 304 g/mol. The first-order valence-electron chi connectivity index (χ1n) is 8.11. The van der Waals surface area contributed by atoms with E-state index in [1.807, 2.05) is 25.8 Å². The van der Waals surface area contributed by atoms with E-state index in [9.17, 15) is 9.90 Å². The van der Waals surface area contributed by atoms with Gasteiger partial charge in [-0.1, -0.05) is 24.1 Å². The second kappa shape index (κ2) is 7.25. The molecule has 0 saturated heterocycles. The standard InChI is InChI=1S/C18H28N2O2/c1-12-8-13(2)18(14(3)9-12)19-17(22)11-20(4)10-15-6-5-7-16(15)21/h8-9,15-16,21H,5-7,10-11H2,1-4H3,(H,19,22). The van der Waals surface area contributed by atoms with Crippen molar-refractivity contribution in [3.05, 3.63) is 28.8 Å². The molecule has 0 bridgehead atoms. The van der Waals surface area contributed by atoms with Crippen molar-refractivity contribution in [3.63, 3.8) is 0 Å². The van der Waals surface area contributed by atoms with Gasteiger partial charge in [0.1, 0.15) is 0 Å². The molecule has 0 aliphatic heterocycles. The molecule has 2 rings (SSSR count). The SMILES string of the molecule is Cc1cc(C)c(NC(=O)CN(C)CC2CCCC2O)c(C)c1. The molecule has 1 aromatic rings. The van der Waals surface area contributed by atoms with Crippen LogP contribution in [0.5, 0.6) is 0 Å². The summed E-state index contributed by atoms with van der Waals surface area (Å²) in [5.41, 5.74) is 4.32. The number of benzene rings is 1. The van der Waals surface area contributed by atoms with Crippen molar-refractivity contribution in [1.82, 2.24) is 4.90 Å². The fraction of sp³-hybridized carbons (Fsp3) is 0.611. The smallest absolute Gasteiger partial charge is 0.238 e. The first kappa shape index (κ1) is 17.0. The van der Waals surface area contributed by atoms with Crippen LogP contribution in [0.2, 0.25) is 0 Å². The molecule has 22 heavy (non-hydrogen) atoms. The summed E-state index contributed by atoms with van der Waals surface area (Å²) in [5, 5.41) is 12.9. The Hall–Kier alpha value is -1.39. The minimum atomic E-state index is -0.202. The van der Waals surface area contributed by atoms with Gasteiger partial charge in [-0.05, 0) is 57.7 Å². The minimum absolute atomic E-state index is 0.00467. The van der Waals surface area contributed by atoms with Crippen LogP contribution in [0.1, 0.15) is 36.0 Å². The van der Waals surface area contributed by atoms with Gasteiger partial charge in [0.25, 0.3) is 0 Å². The van der Waals surface area contributed by atoms with Gasteiger partial charge in [-0.25, -0.2) is 0 Å². The zero-order valence-corrected chi connectivity index (χ0v) is 14.1. The first-order valence-corrected chi connectivity index (χ1v) is 8.11. The third kappa shape index (κ3) is 4.31. The van der Waals surface area contributed by atoms with Gasteiger partial charge >= 0.3 is 0 Å². The van der Waals surface area contributed by atoms with E-state index in [-0.39, 0.29) is 12.0 Å². The maximum Gasteiger partial charge on any atom is 0.238 e. The molecule has 2 atom stereocenters. The number of carbonyl (C=O) groups excluding carboxylic acids is 1. The second-order valence-corrected chi connectivity index (χ2v) is 6.78. The van der Waals surface area contributed by atoms with Crippen LogP contribution in [0.4, 0.5) is 5.69 Å². The Labute approximate surface area is 133 Å². The van der Waals surface area contributed by atoms with Gasteiger partial charge in [-0.3, -0.25) is 9.69 Å². The molecule has 122 valence electrons. The lowest BCUT2D eigenvalue weighted by molar-refractivity contribution is -0.117. The van der Waals surface area contributed by atoms with Crippen LogP contribution in [0, 0.1) is 26.7 Å². The molecular weight excluding hydrogens is 276 g/mol. The quantitative estimate of drug-likeness (QED) is 0.879. The molecule has 1 amide bonds. The summed E-state index contributed by atoms with van der Waals surface area (Å²) in [6.07, 6.45) is 2.84. The zero-order valence-electron chi connectivity index (χ0n) is 14.1. The van der Waals surface area contributed by atoms with E-state index in [1.54, 1.807) is 0 Å². The van der Waals surface area contributed by atoms with Crippen LogP contribution in [-0.4, -0.2) is 42.2 Å². The van der Waals surface area contributed by atoms with Crippen molar-refractivity contribution < 1.29 is 9.90 Å². The lowest BCUT2D eigenvalue weighted by atomic mass is 10.0. The topological polar surface area (TPSA) is 52.6 Å². The molecule has 0 heterocycles. The highest BCUT2D eigenvalue weighted by Gasteiger charge is 2.26. The fourth-order valence-electron chi connectivity index (χ4n) is 3.50. The molecule has 0 radical (unpaired) electrons. The lowest BCUT2D eigenvalue weighted by Gasteiger charge is -2.23. The van der Waals surface area contributed by atoms with Gasteiger partial charge in [0.2, 0.25) is 5.91 Å². The van der Waals surface area contributed by atoms with Crippen LogP contribution in [-0.2, 0) is 4.79 Å². The predicted molar refractivity (Wildman–Crippen MR) is 90.1 cm³/mol. The number of nitrogens with one attached hydrogen (secondary N) is 1. The first-order chi connectivity index (χ1) is 10.4. The van der Waals surface area contributed by atoms with Crippen LogP contribution in [0.15, 0.2) is 12.1 Å². The minimum Gasteiger partial charge on any atom is -0.393 e. The van der Waals surface area contributed by atoms with E-state index < -0.39 is 0 Å². The number of anilines is 1. The van der Waals surface area contributed by atoms with E-state index in [1.165, 1.54) is 5.56 Å². The van der Waals surface area contributed by atoms with E-state index in [2.05, 4.69) is 24.4 Å². The number of nitrogens with zero attached hydrogens (tertiary/aromatic N) is 1. The number of aliphatic hydroxyl groups is 1. The second-order valence-electron chi connectivity index (χ2n) is 6.78. The van der Waals surface area contributed by atoms with Crippen molar-refractivity contribution in [2.24, 2.45) is 5.92 Å². The van der Waals surface area contributed by atoms with Gasteiger partial charge in [0.05, 0.1) is 12.6 Å². The molecule has 1 saturated carbocycles. The molecule has 4 heteroatoms. The largest absolute Gasteiger partial charge is 0.393 e. The van der Waals surface area contributed by atoms with Crippen LogP contribution in [0.25, 0.3) is 0 Å². The van der Waals surface area contributed by atoms with Gasteiger partial charge < -0.3 is 10.4 Å². The lowest BCUT2D eigenvalue weighted by Crippen LogP contribution is -2.35. The highest BCUT2D eigenvalue weighted by molar-refractivity contribution is 5.93. The summed E-state index contributed by atoms with van der Waals surface area (Å²) >= 11 is 0. The maximum absolute atomic E-state index is 12.3. The number of rotatable bonds is 5. The van der Waals surface area contributed by atoms with E-state index >= 15 is 0 Å². The Balaban J connectivity index is 1.90. The summed E-state index contributed by atoms with van der Waals surface area (Å²) in [7, 11) is 1.94. The van der Waals surface area contributed by atoms with Crippen molar-refractivity contribution in [2.45, 2.75) is 46.1 Å². The predicted octanol–water partition coefficient (Wildman–Crippen LogP) is 2.64. The monoisotopic (exact) mass is 304 g/mol. The highest BCUT2D eigenvalue weighted by Crippen LogP contribution is 2.26. The third-order valence-electron chi connectivity index (χ3n) is 4.52. The Morgan fingerprint density at radius 2 is 1.91 bits per heavy atom. The van der Waals surface area contributed by atoms with Gasteiger partial charge in [0, 0.05) is 12.2 Å². The van der Waals surface area contributed by atoms with E-state index in [4.69, 9.17) is 0 Å². The molecule has 1 aliphatic carbocycles. The maximum atomic E-state index is 12.3. The van der Waals surface area contributed by atoms with Crippen LogP contribution >= 0.6 is 0 Å². The van der Waals surface area contributed by atoms with E-state index in [0.29, 0.717) is 12.5 Å². The molecule has 1 aromatic carbocycles. The number of hydrogen-bond acceptors (Lipinski definition) is 3. The number of aliphatic hydroxyl groups excluding tert-OH is 1. The average Bonchev–Trinajstić information content (AvgIpc) is 2.79. The molecule has 0 spiro atoms. The normalized spacial score (nSPS) is 21.4. The van der Waals surface area contributed by atoms with Crippen molar-refractivity contribution in [3.8, 4) is 0 Å². The molecule has 2 N–H and O–H groups in total.